The molecule has 82 valence electrons. The summed E-state index contributed by atoms with van der Waals surface area (Å²) in [4.78, 5) is 11.7. The monoisotopic (exact) mass is 219 g/mol. The number of hydrogen-bond acceptors (Lipinski definition) is 5. The Balaban J connectivity index is 2.14. The van der Waals surface area contributed by atoms with Gasteiger partial charge in [-0.05, 0) is 23.4 Å². The Hall–Kier alpha value is -2.44. The van der Waals surface area contributed by atoms with E-state index in [4.69, 9.17) is 4.74 Å². The molecule has 0 fully saturated rings. The fraction of sp³-hybridized carbons (Fsp3) is 0.111. The number of rotatable bonds is 3. The number of aromatic amines is 1. The summed E-state index contributed by atoms with van der Waals surface area (Å²) < 4.78 is 5.01. The van der Waals surface area contributed by atoms with Gasteiger partial charge in [0.05, 0.1) is 7.11 Å². The second kappa shape index (κ2) is 4.39. The number of methoxy groups -OCH3 is 1. The third-order valence-corrected chi connectivity index (χ3v) is 1.90. The van der Waals surface area contributed by atoms with Crippen molar-refractivity contribution < 1.29 is 9.53 Å². The van der Waals surface area contributed by atoms with Gasteiger partial charge in [-0.3, -0.25) is 10.1 Å². The SMILES string of the molecule is COc1cccc(C(=O)Nc2nn[nH]n2)c1. The van der Waals surface area contributed by atoms with Gasteiger partial charge in [-0.1, -0.05) is 11.2 Å². The molecule has 0 saturated carbocycles. The van der Waals surface area contributed by atoms with E-state index in [1.165, 1.54) is 7.11 Å². The molecular formula is C9H9N5O2. The van der Waals surface area contributed by atoms with E-state index < -0.39 is 0 Å². The van der Waals surface area contributed by atoms with Crippen molar-refractivity contribution in [3.63, 3.8) is 0 Å². The third kappa shape index (κ3) is 2.14. The van der Waals surface area contributed by atoms with E-state index in [2.05, 4.69) is 25.9 Å². The highest BCUT2D eigenvalue weighted by atomic mass is 16.5. The van der Waals surface area contributed by atoms with Crippen LogP contribution in [0.4, 0.5) is 5.95 Å². The Morgan fingerprint density at radius 2 is 2.38 bits per heavy atom. The van der Waals surface area contributed by atoms with Crippen LogP contribution in [0.3, 0.4) is 0 Å². The fourth-order valence-corrected chi connectivity index (χ4v) is 1.15. The zero-order valence-corrected chi connectivity index (χ0v) is 8.47. The first-order chi connectivity index (χ1) is 7.79. The fourth-order valence-electron chi connectivity index (χ4n) is 1.15. The lowest BCUT2D eigenvalue weighted by molar-refractivity contribution is 0.102. The highest BCUT2D eigenvalue weighted by Crippen LogP contribution is 2.13. The molecule has 0 unspecified atom stereocenters. The molecule has 0 saturated heterocycles. The molecule has 0 bridgehead atoms. The molecule has 0 aliphatic carbocycles. The second-order valence-electron chi connectivity index (χ2n) is 2.92. The van der Waals surface area contributed by atoms with Crippen LogP contribution in [0.15, 0.2) is 24.3 Å². The van der Waals surface area contributed by atoms with Crippen LogP contribution >= 0.6 is 0 Å². The highest BCUT2D eigenvalue weighted by molar-refractivity contribution is 6.03. The number of ether oxygens (including phenoxy) is 1. The smallest absolute Gasteiger partial charge is 0.270 e. The number of carbonyl (C=O) groups is 1. The van der Waals surface area contributed by atoms with Crippen molar-refractivity contribution in [2.24, 2.45) is 0 Å². The summed E-state index contributed by atoms with van der Waals surface area (Å²) in [5.41, 5.74) is 0.462. The summed E-state index contributed by atoms with van der Waals surface area (Å²) in [5, 5.41) is 15.3. The van der Waals surface area contributed by atoms with Crippen LogP contribution in [0.5, 0.6) is 5.75 Å². The van der Waals surface area contributed by atoms with Crippen molar-refractivity contribution in [3.05, 3.63) is 29.8 Å². The molecule has 7 nitrogen and oxygen atoms in total. The molecule has 0 atom stereocenters. The second-order valence-corrected chi connectivity index (χ2v) is 2.92. The Labute approximate surface area is 90.8 Å². The highest BCUT2D eigenvalue weighted by Gasteiger charge is 2.08. The minimum Gasteiger partial charge on any atom is -0.497 e. The number of nitrogens with zero attached hydrogens (tertiary/aromatic N) is 3. The van der Waals surface area contributed by atoms with E-state index in [1.54, 1.807) is 24.3 Å². The molecule has 0 spiro atoms. The number of benzene rings is 1. The quantitative estimate of drug-likeness (QED) is 0.782. The molecule has 1 aromatic heterocycles. The molecule has 0 aliphatic rings. The molecule has 1 aromatic carbocycles. The van der Waals surface area contributed by atoms with Crippen LogP contribution in [-0.4, -0.2) is 33.6 Å². The summed E-state index contributed by atoms with van der Waals surface area (Å²) in [6.45, 7) is 0. The zero-order chi connectivity index (χ0) is 11.4. The lowest BCUT2D eigenvalue weighted by atomic mass is 10.2. The number of anilines is 1. The van der Waals surface area contributed by atoms with Crippen molar-refractivity contribution >= 4 is 11.9 Å². The summed E-state index contributed by atoms with van der Waals surface area (Å²) in [5.74, 6) is 0.425. The van der Waals surface area contributed by atoms with Gasteiger partial charge in [0.1, 0.15) is 5.75 Å². The van der Waals surface area contributed by atoms with Crippen molar-refractivity contribution in [1.82, 2.24) is 20.6 Å². The number of amides is 1. The lowest BCUT2D eigenvalue weighted by Crippen LogP contribution is -2.13. The van der Waals surface area contributed by atoms with E-state index in [0.29, 0.717) is 11.3 Å². The predicted octanol–water partition coefficient (Wildman–Crippen LogP) is 0.461. The molecule has 16 heavy (non-hydrogen) atoms. The van der Waals surface area contributed by atoms with E-state index in [9.17, 15) is 4.79 Å². The van der Waals surface area contributed by atoms with Crippen molar-refractivity contribution in [2.75, 3.05) is 12.4 Å². The van der Waals surface area contributed by atoms with Crippen LogP contribution in [-0.2, 0) is 0 Å². The molecule has 2 N–H and O–H groups in total. The van der Waals surface area contributed by atoms with Gasteiger partial charge in [-0.2, -0.15) is 5.21 Å². The molecule has 7 heteroatoms. The van der Waals surface area contributed by atoms with Gasteiger partial charge >= 0.3 is 0 Å². The zero-order valence-electron chi connectivity index (χ0n) is 8.47. The van der Waals surface area contributed by atoms with Gasteiger partial charge in [0.15, 0.2) is 0 Å². The van der Waals surface area contributed by atoms with Gasteiger partial charge in [-0.25, -0.2) is 0 Å². The molecule has 2 aromatic rings. The third-order valence-electron chi connectivity index (χ3n) is 1.90. The maximum Gasteiger partial charge on any atom is 0.270 e. The van der Waals surface area contributed by atoms with Gasteiger partial charge in [0.2, 0.25) is 0 Å². The molecule has 2 rings (SSSR count). The van der Waals surface area contributed by atoms with Gasteiger partial charge in [0, 0.05) is 5.56 Å². The molecule has 0 radical (unpaired) electrons. The predicted molar refractivity (Wildman–Crippen MR) is 55.1 cm³/mol. The maximum atomic E-state index is 11.7. The summed E-state index contributed by atoms with van der Waals surface area (Å²) in [7, 11) is 1.54. The summed E-state index contributed by atoms with van der Waals surface area (Å²) in [6.07, 6.45) is 0. The standard InChI is InChI=1S/C9H9N5O2/c1-16-7-4-2-3-6(5-7)8(15)10-9-11-13-14-12-9/h2-5H,1H3,(H2,10,11,12,13,14,15). The number of tetrazole rings is 1. The van der Waals surface area contributed by atoms with Gasteiger partial charge in [-0.15, -0.1) is 5.10 Å². The van der Waals surface area contributed by atoms with Crippen LogP contribution in [0.1, 0.15) is 10.4 Å². The van der Waals surface area contributed by atoms with Crippen molar-refractivity contribution in [3.8, 4) is 5.75 Å². The van der Waals surface area contributed by atoms with Crippen molar-refractivity contribution in [1.29, 1.82) is 0 Å². The molecule has 1 heterocycles. The van der Waals surface area contributed by atoms with Gasteiger partial charge in [0.25, 0.3) is 11.9 Å². The number of H-pyrrole nitrogens is 1. The minimum absolute atomic E-state index is 0.132. The Kier molecular flexibility index (Phi) is 2.77. The van der Waals surface area contributed by atoms with E-state index >= 15 is 0 Å². The normalized spacial score (nSPS) is 9.81. The topological polar surface area (TPSA) is 92.8 Å². The first kappa shape index (κ1) is 10.1. The largest absolute Gasteiger partial charge is 0.497 e. The Morgan fingerprint density at radius 3 is 3.06 bits per heavy atom. The van der Waals surface area contributed by atoms with Crippen molar-refractivity contribution in [2.45, 2.75) is 0 Å². The van der Waals surface area contributed by atoms with Crippen LogP contribution in [0, 0.1) is 0 Å². The van der Waals surface area contributed by atoms with E-state index in [1.807, 2.05) is 0 Å². The number of hydrogen-bond donors (Lipinski definition) is 2. The average molecular weight is 219 g/mol. The minimum atomic E-state index is -0.319. The van der Waals surface area contributed by atoms with Crippen LogP contribution < -0.4 is 10.1 Å². The molecule has 1 amide bonds. The Bertz CT molecular complexity index is 482. The maximum absolute atomic E-state index is 11.7. The van der Waals surface area contributed by atoms with Crippen LogP contribution in [0.2, 0.25) is 0 Å². The first-order valence-corrected chi connectivity index (χ1v) is 4.48. The van der Waals surface area contributed by atoms with Gasteiger partial charge < -0.3 is 4.74 Å². The lowest BCUT2D eigenvalue weighted by Gasteiger charge is -2.03. The number of nitrogens with one attached hydrogen (secondary N) is 2. The number of aromatic nitrogens is 4. The number of carbonyl (C=O) groups excluding carboxylic acids is 1. The Morgan fingerprint density at radius 1 is 1.50 bits per heavy atom. The van der Waals surface area contributed by atoms with E-state index in [-0.39, 0.29) is 11.9 Å². The van der Waals surface area contributed by atoms with Crippen LogP contribution in [0.25, 0.3) is 0 Å². The first-order valence-electron chi connectivity index (χ1n) is 4.48. The summed E-state index contributed by atoms with van der Waals surface area (Å²) in [6, 6.07) is 6.77. The molecular weight excluding hydrogens is 210 g/mol. The summed E-state index contributed by atoms with van der Waals surface area (Å²) >= 11 is 0. The molecule has 0 aliphatic heterocycles. The average Bonchev–Trinajstić information content (AvgIpc) is 2.82. The van der Waals surface area contributed by atoms with E-state index in [0.717, 1.165) is 0 Å².